The molecule has 1 rings (SSSR count). The van der Waals surface area contributed by atoms with Crippen LogP contribution in [0.5, 0.6) is 0 Å². The molecular formula is C11H25N3. The topological polar surface area (TPSA) is 32.5 Å². The van der Waals surface area contributed by atoms with Crippen LogP contribution in [-0.4, -0.2) is 54.6 Å². The second-order valence-electron chi connectivity index (χ2n) is 5.58. The van der Waals surface area contributed by atoms with Crippen molar-refractivity contribution in [2.24, 2.45) is 5.73 Å². The molecule has 1 fully saturated rings. The van der Waals surface area contributed by atoms with Crippen molar-refractivity contribution in [1.29, 1.82) is 0 Å². The Morgan fingerprint density at radius 1 is 1.50 bits per heavy atom. The van der Waals surface area contributed by atoms with Crippen molar-refractivity contribution in [3.8, 4) is 0 Å². The van der Waals surface area contributed by atoms with Gasteiger partial charge in [0.2, 0.25) is 0 Å². The standard InChI is InChI=1S/C11H25N3/c1-9-6-10(7-13(9)4)14(5)8-11(2,3)12/h9-10H,6-8,12H2,1-5H3. The predicted octanol–water partition coefficient (Wildman–Crippen LogP) is 0.748. The molecule has 2 atom stereocenters. The lowest BCUT2D eigenvalue weighted by Gasteiger charge is -2.30. The summed E-state index contributed by atoms with van der Waals surface area (Å²) >= 11 is 0. The molecule has 2 unspecified atom stereocenters. The third kappa shape index (κ3) is 3.23. The summed E-state index contributed by atoms with van der Waals surface area (Å²) in [6, 6.07) is 1.39. The summed E-state index contributed by atoms with van der Waals surface area (Å²) in [5.41, 5.74) is 5.93. The zero-order valence-corrected chi connectivity index (χ0v) is 10.2. The minimum absolute atomic E-state index is 0.0842. The van der Waals surface area contributed by atoms with Crippen LogP contribution in [0.1, 0.15) is 27.2 Å². The van der Waals surface area contributed by atoms with E-state index >= 15 is 0 Å². The van der Waals surface area contributed by atoms with Crippen molar-refractivity contribution in [3.05, 3.63) is 0 Å². The van der Waals surface area contributed by atoms with E-state index in [1.807, 2.05) is 0 Å². The minimum Gasteiger partial charge on any atom is -0.324 e. The molecule has 0 bridgehead atoms. The molecule has 0 saturated carbocycles. The van der Waals surface area contributed by atoms with Gasteiger partial charge in [-0.05, 0) is 41.3 Å². The van der Waals surface area contributed by atoms with E-state index in [-0.39, 0.29) is 5.54 Å². The van der Waals surface area contributed by atoms with Crippen molar-refractivity contribution in [1.82, 2.24) is 9.80 Å². The van der Waals surface area contributed by atoms with Gasteiger partial charge >= 0.3 is 0 Å². The van der Waals surface area contributed by atoms with Gasteiger partial charge in [-0.1, -0.05) is 0 Å². The first-order chi connectivity index (χ1) is 6.29. The van der Waals surface area contributed by atoms with E-state index < -0.39 is 0 Å². The van der Waals surface area contributed by atoms with Gasteiger partial charge in [-0.3, -0.25) is 0 Å². The molecule has 1 saturated heterocycles. The van der Waals surface area contributed by atoms with E-state index in [0.717, 1.165) is 6.54 Å². The Kier molecular flexibility index (Phi) is 3.56. The summed E-state index contributed by atoms with van der Waals surface area (Å²) in [5.74, 6) is 0. The molecule has 3 nitrogen and oxygen atoms in total. The van der Waals surface area contributed by atoms with Gasteiger partial charge in [0, 0.05) is 30.7 Å². The van der Waals surface area contributed by atoms with Gasteiger partial charge in [0.25, 0.3) is 0 Å². The average molecular weight is 199 g/mol. The highest BCUT2D eigenvalue weighted by Crippen LogP contribution is 2.19. The largest absolute Gasteiger partial charge is 0.324 e. The second-order valence-corrected chi connectivity index (χ2v) is 5.58. The van der Waals surface area contributed by atoms with Crippen LogP contribution in [0.4, 0.5) is 0 Å². The van der Waals surface area contributed by atoms with Crippen LogP contribution in [0.15, 0.2) is 0 Å². The molecule has 0 aromatic rings. The van der Waals surface area contributed by atoms with E-state index in [9.17, 15) is 0 Å². The first kappa shape index (κ1) is 12.0. The van der Waals surface area contributed by atoms with Gasteiger partial charge in [-0.15, -0.1) is 0 Å². The van der Waals surface area contributed by atoms with Gasteiger partial charge in [-0.25, -0.2) is 0 Å². The highest BCUT2D eigenvalue weighted by molar-refractivity contribution is 4.88. The predicted molar refractivity (Wildman–Crippen MR) is 61.4 cm³/mol. The molecule has 0 aromatic carbocycles. The summed E-state index contributed by atoms with van der Waals surface area (Å²) in [7, 11) is 4.39. The van der Waals surface area contributed by atoms with Crippen molar-refractivity contribution in [3.63, 3.8) is 0 Å². The third-order valence-electron chi connectivity index (χ3n) is 3.14. The zero-order valence-electron chi connectivity index (χ0n) is 10.2. The van der Waals surface area contributed by atoms with Crippen molar-refractivity contribution < 1.29 is 0 Å². The lowest BCUT2D eigenvalue weighted by molar-refractivity contribution is 0.203. The summed E-state index contributed by atoms with van der Waals surface area (Å²) in [4.78, 5) is 4.82. The Morgan fingerprint density at radius 2 is 2.07 bits per heavy atom. The zero-order chi connectivity index (χ0) is 10.9. The van der Waals surface area contributed by atoms with E-state index in [1.54, 1.807) is 0 Å². The first-order valence-electron chi connectivity index (χ1n) is 5.49. The van der Waals surface area contributed by atoms with Crippen LogP contribution >= 0.6 is 0 Å². The van der Waals surface area contributed by atoms with Crippen LogP contribution in [0.3, 0.4) is 0 Å². The molecule has 0 radical (unpaired) electrons. The minimum atomic E-state index is -0.0842. The molecular weight excluding hydrogens is 174 g/mol. The summed E-state index contributed by atoms with van der Waals surface area (Å²) < 4.78 is 0. The fourth-order valence-corrected chi connectivity index (χ4v) is 2.25. The maximum Gasteiger partial charge on any atom is 0.0235 e. The number of hydrogen-bond acceptors (Lipinski definition) is 3. The number of likely N-dealkylation sites (tertiary alicyclic amines) is 1. The number of hydrogen-bond donors (Lipinski definition) is 1. The summed E-state index contributed by atoms with van der Waals surface area (Å²) in [6.07, 6.45) is 1.27. The SMILES string of the molecule is CC1CC(N(C)CC(C)(C)N)CN1C. The fourth-order valence-electron chi connectivity index (χ4n) is 2.25. The van der Waals surface area contributed by atoms with Crippen molar-refractivity contribution in [2.45, 2.75) is 44.8 Å². The molecule has 0 amide bonds. The van der Waals surface area contributed by atoms with Gasteiger partial charge < -0.3 is 15.5 Å². The molecule has 1 aliphatic heterocycles. The molecule has 0 aliphatic carbocycles. The second kappa shape index (κ2) is 4.17. The Morgan fingerprint density at radius 3 is 2.43 bits per heavy atom. The lowest BCUT2D eigenvalue weighted by Crippen LogP contribution is -2.48. The first-order valence-corrected chi connectivity index (χ1v) is 5.49. The quantitative estimate of drug-likeness (QED) is 0.728. The molecule has 0 aromatic heterocycles. The third-order valence-corrected chi connectivity index (χ3v) is 3.14. The number of nitrogens with zero attached hydrogens (tertiary/aromatic N) is 2. The Bertz CT molecular complexity index is 175. The normalized spacial score (nSPS) is 30.2. The summed E-state index contributed by atoms with van der Waals surface area (Å²) in [5, 5.41) is 0. The maximum atomic E-state index is 6.02. The monoisotopic (exact) mass is 199 g/mol. The van der Waals surface area contributed by atoms with Crippen molar-refractivity contribution >= 4 is 0 Å². The Balaban J connectivity index is 2.43. The van der Waals surface area contributed by atoms with E-state index in [0.29, 0.717) is 12.1 Å². The van der Waals surface area contributed by atoms with Crippen LogP contribution in [0, 0.1) is 0 Å². The lowest BCUT2D eigenvalue weighted by atomic mass is 10.1. The summed E-state index contributed by atoms with van der Waals surface area (Å²) in [6.45, 7) is 8.62. The number of rotatable bonds is 3. The van der Waals surface area contributed by atoms with Crippen LogP contribution < -0.4 is 5.73 Å². The molecule has 2 N–H and O–H groups in total. The Hall–Kier alpha value is -0.120. The molecule has 1 aliphatic rings. The maximum absolute atomic E-state index is 6.02. The smallest absolute Gasteiger partial charge is 0.0235 e. The van der Waals surface area contributed by atoms with Gasteiger partial charge in [-0.2, -0.15) is 0 Å². The number of nitrogens with two attached hydrogens (primary N) is 1. The average Bonchev–Trinajstić information content (AvgIpc) is 2.28. The molecule has 0 spiro atoms. The van der Waals surface area contributed by atoms with Crippen LogP contribution in [0.2, 0.25) is 0 Å². The van der Waals surface area contributed by atoms with E-state index in [2.05, 4.69) is 44.7 Å². The molecule has 1 heterocycles. The molecule has 84 valence electrons. The number of likely N-dealkylation sites (N-methyl/N-ethyl adjacent to an activating group) is 2. The van der Waals surface area contributed by atoms with Gasteiger partial charge in [0.15, 0.2) is 0 Å². The van der Waals surface area contributed by atoms with E-state index in [4.69, 9.17) is 5.73 Å². The van der Waals surface area contributed by atoms with Crippen LogP contribution in [-0.2, 0) is 0 Å². The highest BCUT2D eigenvalue weighted by atomic mass is 15.3. The molecule has 3 heteroatoms. The van der Waals surface area contributed by atoms with Gasteiger partial charge in [0.1, 0.15) is 0 Å². The Labute approximate surface area is 88.2 Å². The highest BCUT2D eigenvalue weighted by Gasteiger charge is 2.30. The van der Waals surface area contributed by atoms with E-state index in [1.165, 1.54) is 13.0 Å². The van der Waals surface area contributed by atoms with Crippen molar-refractivity contribution in [2.75, 3.05) is 27.2 Å². The fraction of sp³-hybridized carbons (Fsp3) is 1.00. The van der Waals surface area contributed by atoms with Crippen LogP contribution in [0.25, 0.3) is 0 Å². The molecule has 14 heavy (non-hydrogen) atoms. The van der Waals surface area contributed by atoms with Gasteiger partial charge in [0.05, 0.1) is 0 Å².